The van der Waals surface area contributed by atoms with E-state index in [0.29, 0.717) is 45.5 Å². The summed E-state index contributed by atoms with van der Waals surface area (Å²) >= 11 is 1.38. The third-order valence-electron chi connectivity index (χ3n) is 6.42. The van der Waals surface area contributed by atoms with Crippen molar-refractivity contribution in [1.29, 1.82) is 0 Å². The molecule has 5 rings (SSSR count). The summed E-state index contributed by atoms with van der Waals surface area (Å²) in [5, 5.41) is 3.28. The molecular weight excluding hydrogens is 554 g/mol. The number of amides is 2. The number of carbonyl (C=O) groups excluding carboxylic acids is 2. The van der Waals surface area contributed by atoms with Crippen molar-refractivity contribution in [3.05, 3.63) is 94.1 Å². The van der Waals surface area contributed by atoms with Crippen LogP contribution in [0.5, 0.6) is 0 Å². The Morgan fingerprint density at radius 2 is 1.79 bits per heavy atom. The molecule has 3 heterocycles. The summed E-state index contributed by atoms with van der Waals surface area (Å²) in [5.74, 6) is -0.406. The van der Waals surface area contributed by atoms with E-state index in [1.54, 1.807) is 67.9 Å². The number of imidazole rings is 1. The zero-order valence-electron chi connectivity index (χ0n) is 23.5. The van der Waals surface area contributed by atoms with E-state index in [1.807, 2.05) is 25.9 Å². The van der Waals surface area contributed by atoms with Gasteiger partial charge in [-0.15, -0.1) is 11.3 Å². The largest absolute Gasteiger partial charge is 0.382 e. The van der Waals surface area contributed by atoms with Crippen LogP contribution in [0.25, 0.3) is 22.5 Å². The molecule has 214 valence electrons. The summed E-state index contributed by atoms with van der Waals surface area (Å²) in [6.45, 7) is 2.54. The molecule has 2 aromatic carbocycles. The third-order valence-corrected chi connectivity index (χ3v) is 7.24. The average molecular weight is 584 g/mol. The average Bonchev–Trinajstić information content (AvgIpc) is 3.52. The first-order chi connectivity index (χ1) is 20.1. The maximum Gasteiger partial charge on any atom is 0.339 e. The van der Waals surface area contributed by atoms with Crippen LogP contribution in [0, 0.1) is 6.92 Å². The molecule has 13 heteroatoms. The lowest BCUT2D eigenvalue weighted by molar-refractivity contribution is -0.113. The maximum atomic E-state index is 13.9. The molecule has 0 fully saturated rings. The van der Waals surface area contributed by atoms with Crippen LogP contribution in [-0.2, 0) is 4.79 Å². The van der Waals surface area contributed by atoms with E-state index in [1.165, 1.54) is 37.8 Å². The molecule has 0 spiro atoms. The predicted molar refractivity (Wildman–Crippen MR) is 165 cm³/mol. The number of fused-ring (bicyclic) bond motifs is 1. The Morgan fingerprint density at radius 1 is 1.02 bits per heavy atom. The van der Waals surface area contributed by atoms with Gasteiger partial charge in [-0.2, -0.15) is 0 Å². The first-order valence-corrected chi connectivity index (χ1v) is 13.7. The van der Waals surface area contributed by atoms with Crippen molar-refractivity contribution in [2.24, 2.45) is 0 Å². The Labute approximate surface area is 245 Å². The van der Waals surface area contributed by atoms with E-state index in [4.69, 9.17) is 5.73 Å². The van der Waals surface area contributed by atoms with Gasteiger partial charge in [-0.3, -0.25) is 19.5 Å². The van der Waals surface area contributed by atoms with Gasteiger partial charge in [0.1, 0.15) is 11.8 Å². The first-order valence-electron chi connectivity index (χ1n) is 12.9. The van der Waals surface area contributed by atoms with Crippen LogP contribution in [0.3, 0.4) is 0 Å². The summed E-state index contributed by atoms with van der Waals surface area (Å²) < 4.78 is 2.82. The fourth-order valence-corrected chi connectivity index (χ4v) is 4.97. The lowest BCUT2D eigenvalue weighted by Gasteiger charge is -2.16. The van der Waals surface area contributed by atoms with E-state index >= 15 is 0 Å². The number of nitrogens with two attached hydrogens (primary N) is 1. The monoisotopic (exact) mass is 583 g/mol. The fraction of sp³-hybridized carbons (Fsp3) is 0.172. The number of aromatic nitrogens is 5. The minimum absolute atomic E-state index is 0.117. The highest BCUT2D eigenvalue weighted by atomic mass is 32.1. The lowest BCUT2D eigenvalue weighted by atomic mass is 10.2. The fourth-order valence-electron chi connectivity index (χ4n) is 4.31. The number of aryl methyl sites for hydroxylation is 1. The number of anilines is 3. The van der Waals surface area contributed by atoms with Gasteiger partial charge in [0, 0.05) is 42.0 Å². The van der Waals surface area contributed by atoms with Crippen molar-refractivity contribution in [2.75, 3.05) is 43.6 Å². The van der Waals surface area contributed by atoms with E-state index in [9.17, 15) is 14.4 Å². The van der Waals surface area contributed by atoms with Crippen molar-refractivity contribution in [1.82, 2.24) is 29.0 Å². The number of likely N-dealkylation sites (N-methyl/N-ethyl adjacent to an activating group) is 2. The molecule has 2 amide bonds. The topological polar surface area (TPSA) is 144 Å². The van der Waals surface area contributed by atoms with Crippen molar-refractivity contribution in [3.63, 3.8) is 0 Å². The predicted octanol–water partition coefficient (Wildman–Crippen LogP) is 3.25. The van der Waals surface area contributed by atoms with Crippen LogP contribution < -0.4 is 21.6 Å². The molecular formula is C29H29N9O3S. The number of thiazole rings is 1. The van der Waals surface area contributed by atoms with Crippen LogP contribution in [0.4, 0.5) is 16.6 Å². The quantitative estimate of drug-likeness (QED) is 0.265. The van der Waals surface area contributed by atoms with Crippen molar-refractivity contribution < 1.29 is 9.59 Å². The minimum atomic E-state index is -0.440. The van der Waals surface area contributed by atoms with Crippen LogP contribution in [0.15, 0.2) is 78.0 Å². The van der Waals surface area contributed by atoms with Gasteiger partial charge in [0.2, 0.25) is 5.91 Å². The first kappa shape index (κ1) is 28.4. The molecule has 0 radical (unpaired) electrons. The Hall–Kier alpha value is -5.14. The summed E-state index contributed by atoms with van der Waals surface area (Å²) in [6.07, 6.45) is 6.28. The molecule has 0 unspecified atom stereocenters. The Bertz CT molecular complexity index is 1870. The summed E-state index contributed by atoms with van der Waals surface area (Å²) in [7, 11) is 5.51. The number of carbonyl (C=O) groups is 2. The normalized spacial score (nSPS) is 11.5. The number of nitrogen functional groups attached to an aromatic ring is 1. The zero-order chi connectivity index (χ0) is 30.0. The molecule has 0 aliphatic carbocycles. The number of hydrogen-bond donors (Lipinski definition) is 2. The van der Waals surface area contributed by atoms with Gasteiger partial charge in [-0.05, 0) is 63.5 Å². The molecule has 0 aliphatic rings. The summed E-state index contributed by atoms with van der Waals surface area (Å²) in [5.41, 5.74) is 8.38. The van der Waals surface area contributed by atoms with E-state index in [2.05, 4.69) is 20.3 Å². The van der Waals surface area contributed by atoms with Crippen molar-refractivity contribution in [2.45, 2.75) is 6.92 Å². The highest BCUT2D eigenvalue weighted by molar-refractivity contribution is 7.15. The van der Waals surface area contributed by atoms with Crippen LogP contribution in [0.1, 0.15) is 15.2 Å². The van der Waals surface area contributed by atoms with Crippen LogP contribution in [0.2, 0.25) is 0 Å². The number of nitrogens with one attached hydrogen (secondary N) is 1. The Kier molecular flexibility index (Phi) is 7.95. The van der Waals surface area contributed by atoms with E-state index in [-0.39, 0.29) is 17.6 Å². The molecule has 0 atom stereocenters. The number of rotatable bonds is 8. The van der Waals surface area contributed by atoms with Gasteiger partial charge < -0.3 is 15.5 Å². The minimum Gasteiger partial charge on any atom is -0.382 e. The second-order valence-corrected chi connectivity index (χ2v) is 11.0. The number of nitrogens with zero attached hydrogens (tertiary/aromatic N) is 7. The Morgan fingerprint density at radius 3 is 2.48 bits per heavy atom. The van der Waals surface area contributed by atoms with Crippen molar-refractivity contribution >= 4 is 51.0 Å². The number of hydrogen-bond acceptors (Lipinski definition) is 9. The summed E-state index contributed by atoms with van der Waals surface area (Å²) in [6, 6.07) is 13.6. The summed E-state index contributed by atoms with van der Waals surface area (Å²) in [4.78, 5) is 56.5. The van der Waals surface area contributed by atoms with Crippen LogP contribution >= 0.6 is 11.3 Å². The van der Waals surface area contributed by atoms with E-state index < -0.39 is 5.69 Å². The molecule has 0 saturated carbocycles. The smallest absolute Gasteiger partial charge is 0.339 e. The lowest BCUT2D eigenvalue weighted by Crippen LogP contribution is -2.25. The highest BCUT2D eigenvalue weighted by Gasteiger charge is 2.21. The van der Waals surface area contributed by atoms with Gasteiger partial charge in [-0.25, -0.2) is 24.3 Å². The molecule has 42 heavy (non-hydrogen) atoms. The van der Waals surface area contributed by atoms with Crippen molar-refractivity contribution in [3.8, 4) is 11.4 Å². The van der Waals surface area contributed by atoms with Gasteiger partial charge in [0.25, 0.3) is 5.91 Å². The molecule has 3 aromatic heterocycles. The SMILES string of the molecule is Cc1cnc(NC(=O)c2ccc(-n3c(=O)n(-c4cccc(N(C)C(=O)/C=C/CN(C)C)c4)c4ncnc(N)c43)cc2)s1. The standard InChI is InChI=1S/C29H29N9O3S/c1-18-16-31-28(42-18)34-27(40)19-10-12-20(13-11-19)37-24-25(30)32-17-33-26(24)38(29(37)41)22-8-5-7-21(15-22)36(4)23(39)9-6-14-35(2)3/h5-13,15-17H,14H2,1-4H3,(H2,30,32,33)(H,31,34,40)/b9-6+. The highest BCUT2D eigenvalue weighted by Crippen LogP contribution is 2.25. The van der Waals surface area contributed by atoms with E-state index in [0.717, 1.165) is 4.88 Å². The molecule has 0 bridgehead atoms. The molecule has 5 aromatic rings. The van der Waals surface area contributed by atoms with Gasteiger partial charge >= 0.3 is 5.69 Å². The van der Waals surface area contributed by atoms with Gasteiger partial charge in [0.15, 0.2) is 16.6 Å². The second kappa shape index (κ2) is 11.8. The number of benzene rings is 2. The molecule has 0 saturated heterocycles. The molecule has 12 nitrogen and oxygen atoms in total. The third kappa shape index (κ3) is 5.68. The Balaban J connectivity index is 1.52. The second-order valence-electron chi connectivity index (χ2n) is 9.74. The molecule has 0 aliphatic heterocycles. The molecule has 3 N–H and O–H groups in total. The van der Waals surface area contributed by atoms with Gasteiger partial charge in [-0.1, -0.05) is 12.1 Å². The maximum absolute atomic E-state index is 13.9. The van der Waals surface area contributed by atoms with Gasteiger partial charge in [0.05, 0.1) is 11.4 Å². The van der Waals surface area contributed by atoms with Crippen LogP contribution in [-0.4, -0.2) is 68.5 Å². The zero-order valence-corrected chi connectivity index (χ0v) is 24.3.